The first kappa shape index (κ1) is 8.99. The lowest BCUT2D eigenvalue weighted by Gasteiger charge is -2.05. The Balaban J connectivity index is 2.20. The molecule has 0 spiro atoms. The molecule has 4 nitrogen and oxygen atoms in total. The topological polar surface area (TPSA) is 65.2 Å². The lowest BCUT2D eigenvalue weighted by molar-refractivity contribution is 0.0999. The molecular weight excluding hydrogens is 180 g/mol. The number of hydrogen-bond donors (Lipinski definition) is 1. The molecular formula is C10H12N2O2. The molecule has 14 heavy (non-hydrogen) atoms. The van der Waals surface area contributed by atoms with Gasteiger partial charge in [-0.2, -0.15) is 0 Å². The molecule has 1 aromatic rings. The Labute approximate surface area is 82.1 Å². The molecule has 1 amide bonds. The number of hydrogen-bond acceptors (Lipinski definition) is 3. The van der Waals surface area contributed by atoms with Crippen LogP contribution in [0.3, 0.4) is 0 Å². The van der Waals surface area contributed by atoms with Gasteiger partial charge in [0.15, 0.2) is 0 Å². The summed E-state index contributed by atoms with van der Waals surface area (Å²) in [6.07, 6.45) is 2.51. The van der Waals surface area contributed by atoms with Crippen LogP contribution >= 0.6 is 0 Å². The fraction of sp³-hybridized carbons (Fsp3) is 0.400. The quantitative estimate of drug-likeness (QED) is 0.777. The van der Waals surface area contributed by atoms with Gasteiger partial charge in [0.05, 0.1) is 11.3 Å². The number of aryl methyl sites for hydroxylation is 1. The van der Waals surface area contributed by atoms with Gasteiger partial charge in [0.1, 0.15) is 6.10 Å². The highest BCUT2D eigenvalue weighted by atomic mass is 16.5. The number of carbonyl (C=O) groups is 1. The zero-order valence-electron chi connectivity index (χ0n) is 7.99. The van der Waals surface area contributed by atoms with Crippen molar-refractivity contribution >= 4 is 5.91 Å². The van der Waals surface area contributed by atoms with E-state index >= 15 is 0 Å². The molecule has 0 bridgehead atoms. The first-order valence-electron chi connectivity index (χ1n) is 4.61. The molecule has 1 fully saturated rings. The largest absolute Gasteiger partial charge is 0.474 e. The average molecular weight is 192 g/mol. The van der Waals surface area contributed by atoms with Gasteiger partial charge < -0.3 is 10.5 Å². The van der Waals surface area contributed by atoms with E-state index in [0.29, 0.717) is 23.2 Å². The van der Waals surface area contributed by atoms with Gasteiger partial charge in [-0.15, -0.1) is 0 Å². The number of nitrogens with two attached hydrogens (primary N) is 1. The Morgan fingerprint density at radius 1 is 1.57 bits per heavy atom. The Bertz CT molecular complexity index is 372. The lowest BCUT2D eigenvalue weighted by Crippen LogP contribution is -2.13. The van der Waals surface area contributed by atoms with Crippen molar-refractivity contribution in [1.82, 2.24) is 4.98 Å². The molecule has 2 rings (SSSR count). The molecule has 1 aliphatic carbocycles. The standard InChI is InChI=1S/C10H12N2O2/c1-6-8(10(11)13)4-5-9(12-6)14-7-2-3-7/h4-5,7H,2-3H2,1H3,(H2,11,13). The maximum Gasteiger partial charge on any atom is 0.250 e. The van der Waals surface area contributed by atoms with E-state index < -0.39 is 5.91 Å². The van der Waals surface area contributed by atoms with Gasteiger partial charge in [0.25, 0.3) is 5.91 Å². The second-order valence-corrected chi connectivity index (χ2v) is 3.46. The zero-order valence-corrected chi connectivity index (χ0v) is 7.99. The predicted octanol–water partition coefficient (Wildman–Crippen LogP) is 1.03. The molecule has 4 heteroatoms. The fourth-order valence-electron chi connectivity index (χ4n) is 1.22. The third-order valence-corrected chi connectivity index (χ3v) is 2.14. The molecule has 0 radical (unpaired) electrons. The Morgan fingerprint density at radius 3 is 2.79 bits per heavy atom. The van der Waals surface area contributed by atoms with Crippen molar-refractivity contribution < 1.29 is 9.53 Å². The van der Waals surface area contributed by atoms with Crippen molar-refractivity contribution in [2.75, 3.05) is 0 Å². The normalized spacial score (nSPS) is 15.2. The van der Waals surface area contributed by atoms with Crippen LogP contribution in [0.5, 0.6) is 5.88 Å². The SMILES string of the molecule is Cc1nc(OC2CC2)ccc1C(N)=O. The van der Waals surface area contributed by atoms with Gasteiger partial charge in [-0.3, -0.25) is 4.79 Å². The van der Waals surface area contributed by atoms with Gasteiger partial charge in [-0.05, 0) is 25.8 Å². The highest BCUT2D eigenvalue weighted by Gasteiger charge is 2.24. The maximum absolute atomic E-state index is 10.9. The summed E-state index contributed by atoms with van der Waals surface area (Å²) in [6, 6.07) is 3.34. The van der Waals surface area contributed by atoms with Crippen molar-refractivity contribution in [3.05, 3.63) is 23.4 Å². The summed E-state index contributed by atoms with van der Waals surface area (Å²) in [4.78, 5) is 15.1. The van der Waals surface area contributed by atoms with Crippen LogP contribution in [-0.2, 0) is 0 Å². The monoisotopic (exact) mass is 192 g/mol. The van der Waals surface area contributed by atoms with Crippen LogP contribution in [0.4, 0.5) is 0 Å². The Morgan fingerprint density at radius 2 is 2.29 bits per heavy atom. The molecule has 1 saturated carbocycles. The molecule has 1 aromatic heterocycles. The van der Waals surface area contributed by atoms with E-state index in [9.17, 15) is 4.79 Å². The molecule has 1 aliphatic rings. The molecule has 2 N–H and O–H groups in total. The summed E-state index contributed by atoms with van der Waals surface area (Å²) in [6.45, 7) is 1.75. The van der Waals surface area contributed by atoms with E-state index in [0.717, 1.165) is 12.8 Å². The average Bonchev–Trinajstić information content (AvgIpc) is 2.87. The third kappa shape index (κ3) is 1.84. The zero-order chi connectivity index (χ0) is 10.1. The molecule has 0 saturated heterocycles. The molecule has 74 valence electrons. The molecule has 0 atom stereocenters. The van der Waals surface area contributed by atoms with E-state index in [1.54, 1.807) is 19.1 Å². The van der Waals surface area contributed by atoms with E-state index in [2.05, 4.69) is 4.98 Å². The minimum absolute atomic E-state index is 0.321. The van der Waals surface area contributed by atoms with Crippen LogP contribution < -0.4 is 10.5 Å². The summed E-state index contributed by atoms with van der Waals surface area (Å²) in [7, 11) is 0. The minimum Gasteiger partial charge on any atom is -0.474 e. The van der Waals surface area contributed by atoms with E-state index in [1.165, 1.54) is 0 Å². The van der Waals surface area contributed by atoms with Crippen molar-refractivity contribution in [2.45, 2.75) is 25.9 Å². The van der Waals surface area contributed by atoms with Crippen LogP contribution in [0.2, 0.25) is 0 Å². The number of pyridine rings is 1. The van der Waals surface area contributed by atoms with Crippen LogP contribution in [-0.4, -0.2) is 17.0 Å². The summed E-state index contributed by atoms with van der Waals surface area (Å²) < 4.78 is 5.48. The van der Waals surface area contributed by atoms with Gasteiger partial charge in [-0.25, -0.2) is 4.98 Å². The highest BCUT2D eigenvalue weighted by molar-refractivity contribution is 5.93. The molecule has 0 unspecified atom stereocenters. The number of rotatable bonds is 3. The van der Waals surface area contributed by atoms with E-state index in [-0.39, 0.29) is 0 Å². The van der Waals surface area contributed by atoms with Gasteiger partial charge >= 0.3 is 0 Å². The maximum atomic E-state index is 10.9. The van der Waals surface area contributed by atoms with Crippen molar-refractivity contribution in [3.8, 4) is 5.88 Å². The summed E-state index contributed by atoms with van der Waals surface area (Å²) in [5.74, 6) is 0.128. The smallest absolute Gasteiger partial charge is 0.250 e. The highest BCUT2D eigenvalue weighted by Crippen LogP contribution is 2.25. The molecule has 1 heterocycles. The van der Waals surface area contributed by atoms with Gasteiger partial charge in [0.2, 0.25) is 5.88 Å². The van der Waals surface area contributed by atoms with Crippen LogP contribution in [0, 0.1) is 6.92 Å². The number of carbonyl (C=O) groups excluding carboxylic acids is 1. The number of nitrogens with zero attached hydrogens (tertiary/aromatic N) is 1. The van der Waals surface area contributed by atoms with E-state index in [4.69, 9.17) is 10.5 Å². The minimum atomic E-state index is -0.451. The van der Waals surface area contributed by atoms with Gasteiger partial charge in [-0.1, -0.05) is 0 Å². The third-order valence-electron chi connectivity index (χ3n) is 2.14. The second kappa shape index (κ2) is 3.29. The predicted molar refractivity (Wildman–Crippen MR) is 51.1 cm³/mol. The van der Waals surface area contributed by atoms with E-state index in [1.807, 2.05) is 0 Å². The molecule has 0 aromatic carbocycles. The number of aromatic nitrogens is 1. The van der Waals surface area contributed by atoms with Crippen LogP contribution in [0.25, 0.3) is 0 Å². The van der Waals surface area contributed by atoms with Crippen molar-refractivity contribution in [2.24, 2.45) is 5.73 Å². The number of primary amides is 1. The first-order valence-corrected chi connectivity index (χ1v) is 4.61. The van der Waals surface area contributed by atoms with Crippen LogP contribution in [0.1, 0.15) is 28.9 Å². The molecule has 0 aliphatic heterocycles. The second-order valence-electron chi connectivity index (χ2n) is 3.46. The van der Waals surface area contributed by atoms with Crippen molar-refractivity contribution in [3.63, 3.8) is 0 Å². The Hall–Kier alpha value is -1.58. The Kier molecular flexibility index (Phi) is 2.11. The number of ether oxygens (including phenoxy) is 1. The number of amides is 1. The first-order chi connectivity index (χ1) is 6.66. The van der Waals surface area contributed by atoms with Crippen LogP contribution in [0.15, 0.2) is 12.1 Å². The summed E-state index contributed by atoms with van der Waals surface area (Å²) in [5.41, 5.74) is 6.23. The fourth-order valence-corrected chi connectivity index (χ4v) is 1.22. The van der Waals surface area contributed by atoms with Crippen molar-refractivity contribution in [1.29, 1.82) is 0 Å². The summed E-state index contributed by atoms with van der Waals surface area (Å²) in [5, 5.41) is 0. The van der Waals surface area contributed by atoms with Gasteiger partial charge in [0, 0.05) is 6.07 Å². The summed E-state index contributed by atoms with van der Waals surface area (Å²) >= 11 is 0. The lowest BCUT2D eigenvalue weighted by atomic mass is 10.2.